The van der Waals surface area contributed by atoms with Crippen LogP contribution in [0.5, 0.6) is 0 Å². The van der Waals surface area contributed by atoms with E-state index >= 15 is 0 Å². The van der Waals surface area contributed by atoms with Crippen LogP contribution in [-0.4, -0.2) is 38.2 Å². The lowest BCUT2D eigenvalue weighted by Crippen LogP contribution is -2.60. The largest absolute Gasteiger partial charge is 0.387 e. The minimum absolute atomic E-state index is 0.435. The van der Waals surface area contributed by atoms with Crippen molar-refractivity contribution in [3.8, 4) is 0 Å². The molecule has 0 aromatic carbocycles. The van der Waals surface area contributed by atoms with Crippen molar-refractivity contribution < 1.29 is 5.11 Å². The molecule has 16 heavy (non-hydrogen) atoms. The molecule has 2 heterocycles. The van der Waals surface area contributed by atoms with Gasteiger partial charge in [-0.2, -0.15) is 0 Å². The van der Waals surface area contributed by atoms with E-state index in [1.165, 1.54) is 5.69 Å². The molecular weight excluding hydrogens is 202 g/mol. The van der Waals surface area contributed by atoms with Crippen LogP contribution in [0.25, 0.3) is 0 Å². The molecule has 0 atom stereocenters. The van der Waals surface area contributed by atoms with E-state index < -0.39 is 5.60 Å². The first-order valence-corrected chi connectivity index (χ1v) is 6.10. The molecule has 1 saturated heterocycles. The summed E-state index contributed by atoms with van der Waals surface area (Å²) in [5.74, 6) is 0. The number of aryl methyl sites for hydroxylation is 1. The quantitative estimate of drug-likeness (QED) is 0.817. The summed E-state index contributed by atoms with van der Waals surface area (Å²) in [6.45, 7) is 7.73. The summed E-state index contributed by atoms with van der Waals surface area (Å²) in [5.41, 5.74) is 0.815. The van der Waals surface area contributed by atoms with Crippen molar-refractivity contribution in [3.05, 3.63) is 18.2 Å². The molecule has 1 N–H and O–H groups in total. The number of aromatic nitrogens is 2. The number of rotatable bonds is 5. The lowest BCUT2D eigenvalue weighted by atomic mass is 9.91. The lowest BCUT2D eigenvalue weighted by molar-refractivity contribution is -0.104. The highest BCUT2D eigenvalue weighted by Gasteiger charge is 2.39. The van der Waals surface area contributed by atoms with Gasteiger partial charge in [0.15, 0.2) is 0 Å². The molecule has 0 radical (unpaired) electrons. The highest BCUT2D eigenvalue weighted by Crippen LogP contribution is 2.25. The van der Waals surface area contributed by atoms with Crippen LogP contribution >= 0.6 is 0 Å². The second-order valence-electron chi connectivity index (χ2n) is 4.80. The average Bonchev–Trinajstić information content (AvgIpc) is 2.64. The third-order valence-electron chi connectivity index (χ3n) is 3.34. The third-order valence-corrected chi connectivity index (χ3v) is 3.34. The van der Waals surface area contributed by atoms with Gasteiger partial charge in [-0.15, -0.1) is 0 Å². The van der Waals surface area contributed by atoms with E-state index in [1.807, 2.05) is 19.4 Å². The van der Waals surface area contributed by atoms with Crippen LogP contribution in [0.2, 0.25) is 0 Å². The highest BCUT2D eigenvalue weighted by atomic mass is 16.3. The first kappa shape index (κ1) is 11.6. The van der Waals surface area contributed by atoms with E-state index in [0.717, 1.165) is 39.0 Å². The number of likely N-dealkylation sites (tertiary alicyclic amines) is 1. The number of hydrogen-bond acceptors (Lipinski definition) is 3. The fourth-order valence-corrected chi connectivity index (χ4v) is 2.27. The maximum absolute atomic E-state index is 9.93. The summed E-state index contributed by atoms with van der Waals surface area (Å²) in [5, 5.41) is 9.93. The molecule has 1 aromatic rings. The number of β-amino-alcohol motifs (C(OH)–C–C–N with tert-alkyl or cyclic N) is 1. The van der Waals surface area contributed by atoms with Crippen LogP contribution in [0.15, 0.2) is 12.5 Å². The molecule has 1 aliphatic rings. The van der Waals surface area contributed by atoms with Crippen LogP contribution in [-0.2, 0) is 13.1 Å². The highest BCUT2D eigenvalue weighted by molar-refractivity contribution is 5.03. The smallest absolute Gasteiger partial charge is 0.0948 e. The van der Waals surface area contributed by atoms with Crippen LogP contribution in [0, 0.1) is 0 Å². The second kappa shape index (κ2) is 4.55. The van der Waals surface area contributed by atoms with Crippen molar-refractivity contribution >= 4 is 0 Å². The van der Waals surface area contributed by atoms with Crippen molar-refractivity contribution in [1.82, 2.24) is 14.5 Å². The van der Waals surface area contributed by atoms with Crippen LogP contribution in [0.3, 0.4) is 0 Å². The van der Waals surface area contributed by atoms with Gasteiger partial charge in [0.05, 0.1) is 17.6 Å². The summed E-state index contributed by atoms with van der Waals surface area (Å²) in [7, 11) is 0. The summed E-state index contributed by atoms with van der Waals surface area (Å²) in [6.07, 6.45) is 5.80. The first-order valence-electron chi connectivity index (χ1n) is 6.10. The molecule has 1 fully saturated rings. The van der Waals surface area contributed by atoms with Gasteiger partial charge < -0.3 is 9.67 Å². The standard InChI is InChI=1S/C12H21N3O/c1-3-5-15-10-13-6-11(15)7-14-8-12(16,4-2)9-14/h6,10,16H,3-5,7-9H2,1-2H3. The van der Waals surface area contributed by atoms with Gasteiger partial charge in [0.2, 0.25) is 0 Å². The Kier molecular flexibility index (Phi) is 3.30. The van der Waals surface area contributed by atoms with Crippen molar-refractivity contribution in [2.24, 2.45) is 0 Å². The Bertz CT molecular complexity index is 342. The van der Waals surface area contributed by atoms with Crippen LogP contribution in [0.4, 0.5) is 0 Å². The molecule has 1 aliphatic heterocycles. The second-order valence-corrected chi connectivity index (χ2v) is 4.80. The number of nitrogens with zero attached hydrogens (tertiary/aromatic N) is 3. The summed E-state index contributed by atoms with van der Waals surface area (Å²) < 4.78 is 2.20. The van der Waals surface area contributed by atoms with E-state index in [1.54, 1.807) is 0 Å². The van der Waals surface area contributed by atoms with Gasteiger partial charge in [0, 0.05) is 32.4 Å². The Morgan fingerprint density at radius 3 is 2.81 bits per heavy atom. The van der Waals surface area contributed by atoms with Crippen molar-refractivity contribution in [2.45, 2.75) is 45.4 Å². The van der Waals surface area contributed by atoms with E-state index in [-0.39, 0.29) is 0 Å². The van der Waals surface area contributed by atoms with Gasteiger partial charge in [0.25, 0.3) is 0 Å². The van der Waals surface area contributed by atoms with Gasteiger partial charge in [-0.3, -0.25) is 4.90 Å². The Balaban J connectivity index is 1.89. The van der Waals surface area contributed by atoms with Gasteiger partial charge >= 0.3 is 0 Å². The first-order chi connectivity index (χ1) is 7.67. The molecule has 0 saturated carbocycles. The monoisotopic (exact) mass is 223 g/mol. The predicted octanol–water partition coefficient (Wildman–Crippen LogP) is 1.25. The van der Waals surface area contributed by atoms with Gasteiger partial charge in [-0.05, 0) is 12.8 Å². The van der Waals surface area contributed by atoms with Crippen molar-refractivity contribution in [2.75, 3.05) is 13.1 Å². The van der Waals surface area contributed by atoms with Crippen molar-refractivity contribution in [1.29, 1.82) is 0 Å². The Morgan fingerprint density at radius 2 is 2.19 bits per heavy atom. The van der Waals surface area contributed by atoms with Gasteiger partial charge in [0.1, 0.15) is 0 Å². The van der Waals surface area contributed by atoms with Crippen molar-refractivity contribution in [3.63, 3.8) is 0 Å². The lowest BCUT2D eigenvalue weighted by Gasteiger charge is -2.46. The molecule has 0 bridgehead atoms. The molecule has 1 aromatic heterocycles. The Hall–Kier alpha value is -0.870. The predicted molar refractivity (Wildman–Crippen MR) is 63.0 cm³/mol. The molecule has 4 nitrogen and oxygen atoms in total. The molecular formula is C12H21N3O. The minimum Gasteiger partial charge on any atom is -0.387 e. The fraction of sp³-hybridized carbons (Fsp3) is 0.750. The zero-order valence-electron chi connectivity index (χ0n) is 10.2. The fourth-order valence-electron chi connectivity index (χ4n) is 2.27. The molecule has 0 unspecified atom stereocenters. The average molecular weight is 223 g/mol. The Morgan fingerprint density at radius 1 is 1.44 bits per heavy atom. The van der Waals surface area contributed by atoms with E-state index in [2.05, 4.69) is 21.4 Å². The topological polar surface area (TPSA) is 41.3 Å². The summed E-state index contributed by atoms with van der Waals surface area (Å²) >= 11 is 0. The molecule has 0 amide bonds. The zero-order chi connectivity index (χ0) is 11.6. The molecule has 4 heteroatoms. The normalized spacial score (nSPS) is 19.7. The maximum atomic E-state index is 9.93. The number of aliphatic hydroxyl groups is 1. The van der Waals surface area contributed by atoms with E-state index in [4.69, 9.17) is 0 Å². The van der Waals surface area contributed by atoms with E-state index in [9.17, 15) is 5.11 Å². The summed E-state index contributed by atoms with van der Waals surface area (Å²) in [4.78, 5) is 6.45. The van der Waals surface area contributed by atoms with Gasteiger partial charge in [-0.1, -0.05) is 13.8 Å². The van der Waals surface area contributed by atoms with E-state index in [0.29, 0.717) is 0 Å². The zero-order valence-corrected chi connectivity index (χ0v) is 10.2. The molecule has 90 valence electrons. The molecule has 0 aliphatic carbocycles. The SMILES string of the molecule is CCCn1cncc1CN1CC(O)(CC)C1. The maximum Gasteiger partial charge on any atom is 0.0948 e. The third kappa shape index (κ3) is 2.28. The number of hydrogen-bond donors (Lipinski definition) is 1. The van der Waals surface area contributed by atoms with Crippen LogP contribution < -0.4 is 0 Å². The van der Waals surface area contributed by atoms with Crippen LogP contribution in [0.1, 0.15) is 32.4 Å². The number of imidazole rings is 1. The summed E-state index contributed by atoms with van der Waals surface area (Å²) in [6, 6.07) is 0. The Labute approximate surface area is 96.9 Å². The molecule has 2 rings (SSSR count). The van der Waals surface area contributed by atoms with Gasteiger partial charge in [-0.25, -0.2) is 4.98 Å². The molecule has 0 spiro atoms. The minimum atomic E-state index is -0.435.